The van der Waals surface area contributed by atoms with Crippen LogP contribution < -0.4 is 0 Å². The first kappa shape index (κ1) is 19.5. The lowest BCUT2D eigenvalue weighted by Crippen LogP contribution is -2.18. The number of carbonyl (C=O) groups excluding carboxylic acids is 1. The fourth-order valence-corrected chi connectivity index (χ4v) is 2.63. The van der Waals surface area contributed by atoms with Crippen LogP contribution in [0.3, 0.4) is 0 Å². The van der Waals surface area contributed by atoms with Crippen LogP contribution in [0.2, 0.25) is 0 Å². The van der Waals surface area contributed by atoms with Gasteiger partial charge in [0.1, 0.15) is 0 Å². The number of hydrogen-bond acceptors (Lipinski definition) is 2. The lowest BCUT2D eigenvalue weighted by molar-refractivity contribution is -0.148. The number of esters is 1. The molecule has 0 aromatic heterocycles. The van der Waals surface area contributed by atoms with Gasteiger partial charge in [-0.3, -0.25) is 4.79 Å². The van der Waals surface area contributed by atoms with Crippen LogP contribution in [0.25, 0.3) is 0 Å². The zero-order valence-corrected chi connectivity index (χ0v) is 14.1. The molecule has 0 fully saturated rings. The monoisotopic (exact) mass is 284 g/mol. The Labute approximate surface area is 126 Å². The second-order valence-electron chi connectivity index (χ2n) is 5.85. The third kappa shape index (κ3) is 11.3. The molecule has 2 nitrogen and oxygen atoms in total. The lowest BCUT2D eigenvalue weighted by Gasteiger charge is -2.15. The van der Waals surface area contributed by atoms with Crippen LogP contribution in [-0.4, -0.2) is 12.6 Å². The Morgan fingerprint density at radius 2 is 1.20 bits per heavy atom. The number of carbonyl (C=O) groups is 1. The Morgan fingerprint density at radius 1 is 0.750 bits per heavy atom. The third-order valence-electron chi connectivity index (χ3n) is 3.93. The fraction of sp³-hybridized carbons (Fsp3) is 0.944. The average Bonchev–Trinajstić information content (AvgIpc) is 2.45. The maximum absolute atomic E-state index is 12.0. The molecule has 2 heteroatoms. The molecule has 0 aliphatic rings. The summed E-state index contributed by atoms with van der Waals surface area (Å²) in [5.41, 5.74) is 0. The van der Waals surface area contributed by atoms with Crippen molar-refractivity contribution in [2.45, 2.75) is 97.8 Å². The molecule has 0 N–H and O–H groups in total. The molecular weight excluding hydrogens is 248 g/mol. The predicted molar refractivity (Wildman–Crippen MR) is 86.9 cm³/mol. The Bertz CT molecular complexity index is 213. The van der Waals surface area contributed by atoms with Crippen LogP contribution >= 0.6 is 0 Å². The van der Waals surface area contributed by atoms with Crippen molar-refractivity contribution in [3.05, 3.63) is 0 Å². The summed E-state index contributed by atoms with van der Waals surface area (Å²) in [5, 5.41) is 0. The molecule has 0 spiro atoms. The first-order chi connectivity index (χ1) is 9.76. The van der Waals surface area contributed by atoms with E-state index < -0.39 is 0 Å². The topological polar surface area (TPSA) is 26.3 Å². The molecule has 0 aromatic carbocycles. The molecule has 0 rings (SSSR count). The zero-order chi connectivity index (χ0) is 15.1. The zero-order valence-electron chi connectivity index (χ0n) is 14.1. The number of unbranched alkanes of at least 4 members (excludes halogenated alkanes) is 8. The van der Waals surface area contributed by atoms with Crippen molar-refractivity contribution >= 4 is 5.97 Å². The lowest BCUT2D eigenvalue weighted by atomic mass is 9.94. The predicted octanol–water partition coefficient (Wildman–Crippen LogP) is 5.89. The van der Waals surface area contributed by atoms with Crippen molar-refractivity contribution < 1.29 is 9.53 Å². The second kappa shape index (κ2) is 14.9. The van der Waals surface area contributed by atoms with Gasteiger partial charge < -0.3 is 4.74 Å². The van der Waals surface area contributed by atoms with E-state index in [0.29, 0.717) is 6.61 Å². The van der Waals surface area contributed by atoms with Gasteiger partial charge in [-0.1, -0.05) is 78.1 Å². The number of ether oxygens (including phenoxy) is 1. The quantitative estimate of drug-likeness (QED) is 0.294. The highest BCUT2D eigenvalue weighted by molar-refractivity contribution is 5.72. The first-order valence-electron chi connectivity index (χ1n) is 8.92. The van der Waals surface area contributed by atoms with E-state index in [-0.39, 0.29) is 11.9 Å². The van der Waals surface area contributed by atoms with Gasteiger partial charge in [0, 0.05) is 0 Å². The highest BCUT2D eigenvalue weighted by atomic mass is 16.5. The summed E-state index contributed by atoms with van der Waals surface area (Å²) in [6, 6.07) is 0. The van der Waals surface area contributed by atoms with Gasteiger partial charge >= 0.3 is 5.97 Å². The van der Waals surface area contributed by atoms with E-state index in [2.05, 4.69) is 13.8 Å². The summed E-state index contributed by atoms with van der Waals surface area (Å²) in [6.07, 6.45) is 14.8. The van der Waals surface area contributed by atoms with Gasteiger partial charge in [-0.15, -0.1) is 0 Å². The minimum atomic E-state index is 0.0394. The molecular formula is C18H36O2. The molecule has 0 saturated heterocycles. The van der Waals surface area contributed by atoms with Crippen LogP contribution in [-0.2, 0) is 9.53 Å². The van der Waals surface area contributed by atoms with Crippen molar-refractivity contribution in [2.24, 2.45) is 5.92 Å². The van der Waals surface area contributed by atoms with Gasteiger partial charge in [0.15, 0.2) is 0 Å². The van der Waals surface area contributed by atoms with Crippen molar-refractivity contribution in [1.29, 1.82) is 0 Å². The molecule has 1 unspecified atom stereocenters. The standard InChI is InChI=1S/C18H36O2/c1-4-7-9-11-12-14-16-17(18(19)20-6-3)15-13-10-8-5-2/h17H,4-16H2,1-3H3. The van der Waals surface area contributed by atoms with Crippen LogP contribution in [0.5, 0.6) is 0 Å². The minimum Gasteiger partial charge on any atom is -0.466 e. The number of rotatable bonds is 14. The second-order valence-corrected chi connectivity index (χ2v) is 5.85. The Hall–Kier alpha value is -0.530. The van der Waals surface area contributed by atoms with Crippen molar-refractivity contribution in [3.8, 4) is 0 Å². The van der Waals surface area contributed by atoms with Gasteiger partial charge in [-0.25, -0.2) is 0 Å². The van der Waals surface area contributed by atoms with Gasteiger partial charge in [0.05, 0.1) is 12.5 Å². The van der Waals surface area contributed by atoms with Crippen LogP contribution in [0, 0.1) is 5.92 Å². The van der Waals surface area contributed by atoms with E-state index in [1.807, 2.05) is 6.92 Å². The molecule has 0 saturated carbocycles. The van der Waals surface area contributed by atoms with E-state index in [0.717, 1.165) is 12.8 Å². The molecule has 0 aliphatic heterocycles. The van der Waals surface area contributed by atoms with Crippen LogP contribution in [0.4, 0.5) is 0 Å². The minimum absolute atomic E-state index is 0.0394. The molecule has 0 radical (unpaired) electrons. The summed E-state index contributed by atoms with van der Waals surface area (Å²) in [4.78, 5) is 12.0. The first-order valence-corrected chi connectivity index (χ1v) is 8.92. The van der Waals surface area contributed by atoms with Gasteiger partial charge in [0.25, 0.3) is 0 Å². The normalized spacial score (nSPS) is 12.3. The van der Waals surface area contributed by atoms with Crippen LogP contribution in [0.1, 0.15) is 97.8 Å². The van der Waals surface area contributed by atoms with Crippen molar-refractivity contribution in [1.82, 2.24) is 0 Å². The van der Waals surface area contributed by atoms with Crippen molar-refractivity contribution in [3.63, 3.8) is 0 Å². The van der Waals surface area contributed by atoms with Crippen molar-refractivity contribution in [2.75, 3.05) is 6.61 Å². The van der Waals surface area contributed by atoms with Gasteiger partial charge in [-0.2, -0.15) is 0 Å². The molecule has 20 heavy (non-hydrogen) atoms. The Kier molecular flexibility index (Phi) is 14.5. The molecule has 0 amide bonds. The van der Waals surface area contributed by atoms with E-state index in [4.69, 9.17) is 4.74 Å². The molecule has 0 heterocycles. The van der Waals surface area contributed by atoms with Gasteiger partial charge in [-0.05, 0) is 19.8 Å². The maximum atomic E-state index is 12.0. The fourth-order valence-electron chi connectivity index (χ4n) is 2.63. The maximum Gasteiger partial charge on any atom is 0.308 e. The molecule has 0 aliphatic carbocycles. The summed E-state index contributed by atoms with van der Waals surface area (Å²) >= 11 is 0. The Balaban J connectivity index is 3.83. The summed E-state index contributed by atoms with van der Waals surface area (Å²) in [7, 11) is 0. The highest BCUT2D eigenvalue weighted by Crippen LogP contribution is 2.20. The summed E-state index contributed by atoms with van der Waals surface area (Å²) < 4.78 is 5.22. The third-order valence-corrected chi connectivity index (χ3v) is 3.93. The molecule has 0 aromatic rings. The smallest absolute Gasteiger partial charge is 0.308 e. The number of hydrogen-bond donors (Lipinski definition) is 0. The summed E-state index contributed by atoms with van der Waals surface area (Å²) in [6.45, 7) is 6.88. The summed E-state index contributed by atoms with van der Waals surface area (Å²) in [5.74, 6) is 0.190. The molecule has 0 bridgehead atoms. The van der Waals surface area contributed by atoms with E-state index in [1.54, 1.807) is 0 Å². The largest absolute Gasteiger partial charge is 0.466 e. The molecule has 1 atom stereocenters. The van der Waals surface area contributed by atoms with E-state index >= 15 is 0 Å². The average molecular weight is 284 g/mol. The molecule has 120 valence electrons. The van der Waals surface area contributed by atoms with Crippen LogP contribution in [0.15, 0.2) is 0 Å². The van der Waals surface area contributed by atoms with E-state index in [1.165, 1.54) is 64.2 Å². The van der Waals surface area contributed by atoms with Gasteiger partial charge in [0.2, 0.25) is 0 Å². The SMILES string of the molecule is CCCCCCCCC(CCCCCC)C(=O)OCC. The van der Waals surface area contributed by atoms with E-state index in [9.17, 15) is 4.79 Å². The Morgan fingerprint density at radius 3 is 1.70 bits per heavy atom. The highest BCUT2D eigenvalue weighted by Gasteiger charge is 2.18.